The van der Waals surface area contributed by atoms with Crippen LogP contribution < -0.4 is 10.6 Å². The first-order valence-corrected chi connectivity index (χ1v) is 6.90. The molecule has 1 aliphatic heterocycles. The number of hydrogen-bond acceptors (Lipinski definition) is 4. The maximum absolute atomic E-state index is 9.24. The predicted molar refractivity (Wildman–Crippen MR) is 70.1 cm³/mol. The topological polar surface area (TPSA) is 56.7 Å². The standard InChI is InChI=1S/C13H25N3O/c1-11-9-14-12(16-11)15-10-13(7-8-17)5-3-2-4-6-13/h11,17H,2-10H2,1H3,(H2,14,15,16). The number of aliphatic hydroxyl groups is 1. The van der Waals surface area contributed by atoms with Gasteiger partial charge in [0.1, 0.15) is 0 Å². The van der Waals surface area contributed by atoms with E-state index in [1.54, 1.807) is 0 Å². The maximum Gasteiger partial charge on any atom is 0.191 e. The molecule has 4 heteroatoms. The van der Waals surface area contributed by atoms with Gasteiger partial charge in [-0.15, -0.1) is 0 Å². The van der Waals surface area contributed by atoms with Crippen molar-refractivity contribution in [1.29, 1.82) is 0 Å². The predicted octanol–water partition coefficient (Wildman–Crippen LogP) is 1.26. The van der Waals surface area contributed by atoms with Crippen LogP contribution in [-0.2, 0) is 0 Å². The molecule has 17 heavy (non-hydrogen) atoms. The fraction of sp³-hybridized carbons (Fsp3) is 0.923. The van der Waals surface area contributed by atoms with Gasteiger partial charge in [-0.3, -0.25) is 4.99 Å². The van der Waals surface area contributed by atoms with Gasteiger partial charge in [0.2, 0.25) is 0 Å². The molecule has 0 amide bonds. The molecule has 1 saturated carbocycles. The minimum Gasteiger partial charge on any atom is -0.396 e. The molecule has 0 bridgehead atoms. The summed E-state index contributed by atoms with van der Waals surface area (Å²) in [5, 5.41) is 16.0. The molecule has 0 radical (unpaired) electrons. The molecule has 1 fully saturated rings. The van der Waals surface area contributed by atoms with Gasteiger partial charge in [0.05, 0.1) is 6.54 Å². The van der Waals surface area contributed by atoms with Crippen LogP contribution in [0.4, 0.5) is 0 Å². The number of rotatable bonds is 4. The summed E-state index contributed by atoms with van der Waals surface area (Å²) in [6, 6.07) is 0.456. The Morgan fingerprint density at radius 3 is 2.76 bits per heavy atom. The highest BCUT2D eigenvalue weighted by atomic mass is 16.3. The van der Waals surface area contributed by atoms with E-state index in [-0.39, 0.29) is 0 Å². The number of nitrogens with zero attached hydrogens (tertiary/aromatic N) is 1. The van der Waals surface area contributed by atoms with Crippen LogP contribution in [-0.4, -0.2) is 36.8 Å². The third-order valence-corrected chi connectivity index (χ3v) is 4.09. The zero-order valence-corrected chi connectivity index (χ0v) is 10.8. The molecular weight excluding hydrogens is 214 g/mol. The van der Waals surface area contributed by atoms with E-state index in [0.29, 0.717) is 18.1 Å². The van der Waals surface area contributed by atoms with Gasteiger partial charge in [-0.2, -0.15) is 0 Å². The largest absolute Gasteiger partial charge is 0.396 e. The van der Waals surface area contributed by atoms with E-state index >= 15 is 0 Å². The van der Waals surface area contributed by atoms with Gasteiger partial charge in [-0.25, -0.2) is 0 Å². The quantitative estimate of drug-likeness (QED) is 0.692. The van der Waals surface area contributed by atoms with Crippen molar-refractivity contribution in [3.8, 4) is 0 Å². The van der Waals surface area contributed by atoms with Crippen LogP contribution in [0.25, 0.3) is 0 Å². The van der Waals surface area contributed by atoms with Gasteiger partial charge >= 0.3 is 0 Å². The lowest BCUT2D eigenvalue weighted by Gasteiger charge is -2.37. The average Bonchev–Trinajstić information content (AvgIpc) is 2.75. The van der Waals surface area contributed by atoms with E-state index in [4.69, 9.17) is 0 Å². The van der Waals surface area contributed by atoms with Crippen molar-refractivity contribution in [2.75, 3.05) is 19.7 Å². The first kappa shape index (κ1) is 12.7. The zero-order chi connectivity index (χ0) is 12.1. The van der Waals surface area contributed by atoms with Gasteiger partial charge in [0, 0.05) is 19.2 Å². The lowest BCUT2D eigenvalue weighted by molar-refractivity contribution is 0.132. The summed E-state index contributed by atoms with van der Waals surface area (Å²) in [5.74, 6) is 0.945. The summed E-state index contributed by atoms with van der Waals surface area (Å²) >= 11 is 0. The third-order valence-electron chi connectivity index (χ3n) is 4.09. The first-order valence-electron chi connectivity index (χ1n) is 6.90. The second-order valence-electron chi connectivity index (χ2n) is 5.62. The Morgan fingerprint density at radius 1 is 1.41 bits per heavy atom. The van der Waals surface area contributed by atoms with Crippen LogP contribution in [0.5, 0.6) is 0 Å². The lowest BCUT2D eigenvalue weighted by atomic mass is 9.72. The van der Waals surface area contributed by atoms with Gasteiger partial charge in [-0.1, -0.05) is 19.3 Å². The summed E-state index contributed by atoms with van der Waals surface area (Å²) in [4.78, 5) is 4.42. The molecule has 0 aromatic heterocycles. The molecule has 0 aromatic rings. The number of hydrogen-bond donors (Lipinski definition) is 3. The average molecular weight is 239 g/mol. The van der Waals surface area contributed by atoms with Crippen LogP contribution in [0.2, 0.25) is 0 Å². The van der Waals surface area contributed by atoms with E-state index in [9.17, 15) is 5.11 Å². The van der Waals surface area contributed by atoms with E-state index in [1.165, 1.54) is 32.1 Å². The fourth-order valence-electron chi connectivity index (χ4n) is 2.99. The van der Waals surface area contributed by atoms with Crippen molar-refractivity contribution in [2.24, 2.45) is 10.4 Å². The minimum absolute atomic E-state index is 0.295. The number of aliphatic hydroxyl groups excluding tert-OH is 1. The highest BCUT2D eigenvalue weighted by Crippen LogP contribution is 2.38. The van der Waals surface area contributed by atoms with E-state index < -0.39 is 0 Å². The highest BCUT2D eigenvalue weighted by Gasteiger charge is 2.31. The van der Waals surface area contributed by atoms with Crippen molar-refractivity contribution in [3.05, 3.63) is 0 Å². The molecule has 1 unspecified atom stereocenters. The molecule has 1 aliphatic carbocycles. The molecule has 3 N–H and O–H groups in total. The Balaban J connectivity index is 1.85. The Morgan fingerprint density at radius 2 is 2.18 bits per heavy atom. The third kappa shape index (κ3) is 3.35. The van der Waals surface area contributed by atoms with E-state index in [1.807, 2.05) is 0 Å². The van der Waals surface area contributed by atoms with Crippen LogP contribution in [0.15, 0.2) is 4.99 Å². The van der Waals surface area contributed by atoms with Crippen molar-refractivity contribution in [3.63, 3.8) is 0 Å². The number of aliphatic imine (C=N–C) groups is 1. The Bertz CT molecular complexity index is 266. The van der Waals surface area contributed by atoms with Gasteiger partial charge in [-0.05, 0) is 31.6 Å². The zero-order valence-electron chi connectivity index (χ0n) is 10.8. The second-order valence-corrected chi connectivity index (χ2v) is 5.62. The second kappa shape index (κ2) is 5.71. The molecule has 0 saturated heterocycles. The lowest BCUT2D eigenvalue weighted by Crippen LogP contribution is -2.44. The molecule has 2 rings (SSSR count). The number of guanidine groups is 1. The van der Waals surface area contributed by atoms with E-state index in [2.05, 4.69) is 22.5 Å². The van der Waals surface area contributed by atoms with Crippen LogP contribution >= 0.6 is 0 Å². The summed E-state index contributed by atoms with van der Waals surface area (Å²) in [7, 11) is 0. The molecule has 0 aromatic carbocycles. The van der Waals surface area contributed by atoms with Crippen molar-refractivity contribution >= 4 is 5.96 Å². The van der Waals surface area contributed by atoms with Crippen molar-refractivity contribution in [1.82, 2.24) is 10.6 Å². The smallest absolute Gasteiger partial charge is 0.191 e. The summed E-state index contributed by atoms with van der Waals surface area (Å²) in [5.41, 5.74) is 0.295. The van der Waals surface area contributed by atoms with Crippen LogP contribution in [0.1, 0.15) is 45.4 Å². The van der Waals surface area contributed by atoms with Gasteiger partial charge < -0.3 is 15.7 Å². The monoisotopic (exact) mass is 239 g/mol. The molecule has 0 spiro atoms. The Labute approximate surface area is 104 Å². The molecule has 4 nitrogen and oxygen atoms in total. The molecule has 98 valence electrons. The van der Waals surface area contributed by atoms with Crippen molar-refractivity contribution in [2.45, 2.75) is 51.5 Å². The summed E-state index contributed by atoms with van der Waals surface area (Å²) in [6.07, 6.45) is 7.36. The molecule has 2 aliphatic rings. The van der Waals surface area contributed by atoms with Crippen molar-refractivity contribution < 1.29 is 5.11 Å². The Kier molecular flexibility index (Phi) is 4.26. The SMILES string of the molecule is CC1CN=C(NCC2(CCO)CCCCC2)N1. The maximum atomic E-state index is 9.24. The Hall–Kier alpha value is -0.770. The molecular formula is C13H25N3O. The summed E-state index contributed by atoms with van der Waals surface area (Å²) in [6.45, 7) is 4.27. The first-order chi connectivity index (χ1) is 8.24. The van der Waals surface area contributed by atoms with Crippen LogP contribution in [0.3, 0.4) is 0 Å². The fourth-order valence-corrected chi connectivity index (χ4v) is 2.99. The molecule has 1 atom stereocenters. The highest BCUT2D eigenvalue weighted by molar-refractivity contribution is 5.81. The molecule has 1 heterocycles. The van der Waals surface area contributed by atoms with Crippen LogP contribution in [0, 0.1) is 5.41 Å². The normalized spacial score (nSPS) is 27.4. The van der Waals surface area contributed by atoms with E-state index in [0.717, 1.165) is 25.5 Å². The number of nitrogens with one attached hydrogen (secondary N) is 2. The summed E-state index contributed by atoms with van der Waals surface area (Å²) < 4.78 is 0. The van der Waals surface area contributed by atoms with Gasteiger partial charge in [0.25, 0.3) is 0 Å². The van der Waals surface area contributed by atoms with Gasteiger partial charge in [0.15, 0.2) is 5.96 Å². The minimum atomic E-state index is 0.295.